The van der Waals surface area contributed by atoms with E-state index in [9.17, 15) is 4.79 Å². The Morgan fingerprint density at radius 2 is 1.53 bits per heavy atom. The van der Waals surface area contributed by atoms with Crippen LogP contribution in [0, 0.1) is 0 Å². The predicted molar refractivity (Wildman–Crippen MR) is 79.9 cm³/mol. The highest BCUT2D eigenvalue weighted by Crippen LogP contribution is 2.31. The van der Waals surface area contributed by atoms with Gasteiger partial charge in [-0.05, 0) is 29.0 Å². The molecule has 0 bridgehead atoms. The average Bonchev–Trinajstić information content (AvgIpc) is 2.48. The molecule has 3 aromatic carbocycles. The first-order chi connectivity index (χ1) is 9.36. The number of fused-ring (bicyclic) bond motifs is 1. The molecule has 0 atom stereocenters. The van der Waals surface area contributed by atoms with E-state index in [1.807, 2.05) is 36.4 Å². The third-order valence-electron chi connectivity index (χ3n) is 2.99. The lowest BCUT2D eigenvalue weighted by Gasteiger charge is -2.05. The molecule has 1 nitrogen and oxygen atoms in total. The van der Waals surface area contributed by atoms with Crippen LogP contribution >= 0.6 is 11.8 Å². The van der Waals surface area contributed by atoms with Gasteiger partial charge in [-0.3, -0.25) is 4.79 Å². The van der Waals surface area contributed by atoms with Gasteiger partial charge in [0.05, 0.1) is 0 Å². The fourth-order valence-corrected chi connectivity index (χ4v) is 2.99. The van der Waals surface area contributed by atoms with Crippen LogP contribution in [0.3, 0.4) is 0 Å². The molecule has 0 aliphatic carbocycles. The van der Waals surface area contributed by atoms with Gasteiger partial charge in [0.25, 0.3) is 0 Å². The Hall–Kier alpha value is -2.06. The van der Waals surface area contributed by atoms with Crippen LogP contribution in [0.4, 0.5) is 0 Å². The van der Waals surface area contributed by atoms with Crippen LogP contribution < -0.4 is 0 Å². The second-order valence-corrected chi connectivity index (χ2v) is 5.38. The van der Waals surface area contributed by atoms with E-state index in [0.29, 0.717) is 0 Å². The second kappa shape index (κ2) is 5.29. The third-order valence-corrected chi connectivity index (χ3v) is 4.08. The lowest BCUT2D eigenvalue weighted by Crippen LogP contribution is -1.84. The normalized spacial score (nSPS) is 10.5. The lowest BCUT2D eigenvalue weighted by atomic mass is 10.1. The van der Waals surface area contributed by atoms with Gasteiger partial charge in [-0.15, -0.1) is 0 Å². The van der Waals surface area contributed by atoms with Gasteiger partial charge in [-0.2, -0.15) is 0 Å². The van der Waals surface area contributed by atoms with Gasteiger partial charge in [0.1, 0.15) is 0 Å². The summed E-state index contributed by atoms with van der Waals surface area (Å²) in [6.07, 6.45) is 0.906. The highest BCUT2D eigenvalue weighted by molar-refractivity contribution is 7.99. The van der Waals surface area contributed by atoms with E-state index in [1.54, 1.807) is 11.8 Å². The molecule has 0 N–H and O–H groups in total. The molecule has 0 fully saturated rings. The Balaban J connectivity index is 1.99. The highest BCUT2D eigenvalue weighted by atomic mass is 32.2. The fraction of sp³-hybridized carbons (Fsp3) is 0. The van der Waals surface area contributed by atoms with Crippen LogP contribution in [0.2, 0.25) is 0 Å². The van der Waals surface area contributed by atoms with Gasteiger partial charge in [-0.25, -0.2) is 0 Å². The van der Waals surface area contributed by atoms with Crippen LogP contribution in [-0.4, -0.2) is 6.29 Å². The molecule has 3 rings (SSSR count). The number of aldehydes is 1. The smallest absolute Gasteiger partial charge is 0.151 e. The van der Waals surface area contributed by atoms with Crippen molar-refractivity contribution in [3.63, 3.8) is 0 Å². The van der Waals surface area contributed by atoms with Crippen LogP contribution in [0.15, 0.2) is 76.5 Å². The molecule has 0 radical (unpaired) electrons. The second-order valence-electron chi connectivity index (χ2n) is 4.27. The molecule has 3 aromatic rings. The molecule has 0 unspecified atom stereocenters. The van der Waals surface area contributed by atoms with Crippen LogP contribution in [0.1, 0.15) is 10.4 Å². The standard InChI is InChI=1S/C17H12OS/c18-12-15-7-3-4-8-17(15)19-16-10-9-13-5-1-2-6-14(13)11-16/h1-12H. The molecule has 0 saturated carbocycles. The molecular weight excluding hydrogens is 252 g/mol. The first-order valence-corrected chi connectivity index (χ1v) is 6.89. The molecule has 0 saturated heterocycles. The van der Waals surface area contributed by atoms with Crippen molar-refractivity contribution in [2.75, 3.05) is 0 Å². The average molecular weight is 264 g/mol. The van der Waals surface area contributed by atoms with Crippen LogP contribution in [0.5, 0.6) is 0 Å². The van der Waals surface area contributed by atoms with Gasteiger partial charge >= 0.3 is 0 Å². The Morgan fingerprint density at radius 1 is 0.789 bits per heavy atom. The largest absolute Gasteiger partial charge is 0.298 e. The maximum absolute atomic E-state index is 11.0. The summed E-state index contributed by atoms with van der Waals surface area (Å²) >= 11 is 1.62. The van der Waals surface area contributed by atoms with Crippen molar-refractivity contribution in [2.24, 2.45) is 0 Å². The molecule has 19 heavy (non-hydrogen) atoms. The van der Waals surface area contributed by atoms with E-state index in [-0.39, 0.29) is 0 Å². The summed E-state index contributed by atoms with van der Waals surface area (Å²) in [4.78, 5) is 13.2. The zero-order valence-electron chi connectivity index (χ0n) is 10.2. The molecule has 0 aliphatic rings. The number of benzene rings is 3. The SMILES string of the molecule is O=Cc1ccccc1Sc1ccc2ccccc2c1. The van der Waals surface area contributed by atoms with Crippen molar-refractivity contribution in [1.82, 2.24) is 0 Å². The van der Waals surface area contributed by atoms with E-state index in [4.69, 9.17) is 0 Å². The molecule has 0 aromatic heterocycles. The minimum atomic E-state index is 0.737. The Labute approximate surface area is 116 Å². The highest BCUT2D eigenvalue weighted by Gasteiger charge is 2.03. The Morgan fingerprint density at radius 3 is 2.37 bits per heavy atom. The van der Waals surface area contributed by atoms with E-state index in [1.165, 1.54) is 10.8 Å². The van der Waals surface area contributed by atoms with Gasteiger partial charge in [0.15, 0.2) is 6.29 Å². The number of carbonyl (C=O) groups is 1. The first kappa shape index (κ1) is 12.0. The minimum Gasteiger partial charge on any atom is -0.298 e. The summed E-state index contributed by atoms with van der Waals surface area (Å²) in [7, 11) is 0. The van der Waals surface area contributed by atoms with Crippen molar-refractivity contribution in [3.8, 4) is 0 Å². The van der Waals surface area contributed by atoms with Gasteiger partial charge in [0.2, 0.25) is 0 Å². The number of hydrogen-bond donors (Lipinski definition) is 0. The predicted octanol–water partition coefficient (Wildman–Crippen LogP) is 4.80. The number of rotatable bonds is 3. The minimum absolute atomic E-state index is 0.737. The number of hydrogen-bond acceptors (Lipinski definition) is 2. The molecule has 0 amide bonds. The Bertz CT molecular complexity index is 734. The molecule has 0 aliphatic heterocycles. The number of carbonyl (C=O) groups excluding carboxylic acids is 1. The third kappa shape index (κ3) is 2.54. The van der Waals surface area contributed by atoms with E-state index >= 15 is 0 Å². The Kier molecular flexibility index (Phi) is 3.34. The van der Waals surface area contributed by atoms with Crippen molar-refractivity contribution >= 4 is 28.8 Å². The monoisotopic (exact) mass is 264 g/mol. The maximum atomic E-state index is 11.0. The van der Waals surface area contributed by atoms with Gasteiger partial charge < -0.3 is 0 Å². The fourth-order valence-electron chi connectivity index (χ4n) is 2.03. The molecule has 0 heterocycles. The van der Waals surface area contributed by atoms with Crippen LogP contribution in [0.25, 0.3) is 10.8 Å². The zero-order chi connectivity index (χ0) is 13.1. The van der Waals surface area contributed by atoms with Crippen molar-refractivity contribution in [1.29, 1.82) is 0 Å². The summed E-state index contributed by atoms with van der Waals surface area (Å²) in [5.74, 6) is 0. The quantitative estimate of drug-likeness (QED) is 0.632. The molecule has 92 valence electrons. The first-order valence-electron chi connectivity index (χ1n) is 6.08. The van der Waals surface area contributed by atoms with Crippen molar-refractivity contribution in [3.05, 3.63) is 72.3 Å². The lowest BCUT2D eigenvalue weighted by molar-refractivity contribution is 0.112. The summed E-state index contributed by atoms with van der Waals surface area (Å²) in [6.45, 7) is 0. The van der Waals surface area contributed by atoms with Crippen molar-refractivity contribution < 1.29 is 4.79 Å². The van der Waals surface area contributed by atoms with E-state index in [2.05, 4.69) is 30.3 Å². The maximum Gasteiger partial charge on any atom is 0.151 e. The van der Waals surface area contributed by atoms with Gasteiger partial charge in [0, 0.05) is 15.4 Å². The summed E-state index contributed by atoms with van der Waals surface area (Å²) in [5.41, 5.74) is 0.737. The zero-order valence-corrected chi connectivity index (χ0v) is 11.1. The summed E-state index contributed by atoms with van der Waals surface area (Å²) in [6, 6.07) is 22.3. The summed E-state index contributed by atoms with van der Waals surface area (Å²) < 4.78 is 0. The molecule has 0 spiro atoms. The van der Waals surface area contributed by atoms with Crippen LogP contribution in [-0.2, 0) is 0 Å². The van der Waals surface area contributed by atoms with E-state index in [0.717, 1.165) is 21.6 Å². The topological polar surface area (TPSA) is 17.1 Å². The van der Waals surface area contributed by atoms with Crippen molar-refractivity contribution in [2.45, 2.75) is 9.79 Å². The molecular formula is C17H12OS. The van der Waals surface area contributed by atoms with Gasteiger partial charge in [-0.1, -0.05) is 60.3 Å². The molecule has 2 heteroatoms. The summed E-state index contributed by atoms with van der Waals surface area (Å²) in [5, 5.41) is 2.45. The van der Waals surface area contributed by atoms with E-state index < -0.39 is 0 Å².